The molecule has 0 bridgehead atoms. The van der Waals surface area contributed by atoms with Gasteiger partial charge in [0, 0.05) is 43.2 Å². The van der Waals surface area contributed by atoms with Crippen molar-refractivity contribution in [2.45, 2.75) is 19.5 Å². The van der Waals surface area contributed by atoms with E-state index < -0.39 is 0 Å². The molecule has 0 saturated heterocycles. The summed E-state index contributed by atoms with van der Waals surface area (Å²) in [6.07, 6.45) is 1.80. The van der Waals surface area contributed by atoms with E-state index in [0.717, 1.165) is 31.0 Å². The standard InChI is InChI=1S/C16H21FN4O/c1-11(14-7-13(17)3-4-15(14)22-2)18-8-12-9-19-16-5-6-20-21(16)10-12/h3-7,11-12,18-19H,8-10H2,1-2H3. The van der Waals surface area contributed by atoms with Crippen molar-refractivity contribution in [1.29, 1.82) is 0 Å². The van der Waals surface area contributed by atoms with Crippen molar-refractivity contribution in [2.24, 2.45) is 5.92 Å². The molecular weight excluding hydrogens is 283 g/mol. The molecule has 22 heavy (non-hydrogen) atoms. The highest BCUT2D eigenvalue weighted by Crippen LogP contribution is 2.26. The van der Waals surface area contributed by atoms with Gasteiger partial charge < -0.3 is 15.4 Å². The van der Waals surface area contributed by atoms with Gasteiger partial charge in [0.25, 0.3) is 0 Å². The number of halogens is 1. The highest BCUT2D eigenvalue weighted by atomic mass is 19.1. The predicted molar refractivity (Wildman–Crippen MR) is 83.6 cm³/mol. The third-order valence-electron chi connectivity index (χ3n) is 4.09. The second-order valence-electron chi connectivity index (χ2n) is 5.66. The highest BCUT2D eigenvalue weighted by Gasteiger charge is 2.20. The fraction of sp³-hybridized carbons (Fsp3) is 0.438. The molecular formula is C16H21FN4O. The first kappa shape index (κ1) is 14.8. The molecule has 2 heterocycles. The van der Waals surface area contributed by atoms with E-state index in [-0.39, 0.29) is 11.9 Å². The molecule has 5 nitrogen and oxygen atoms in total. The Labute approximate surface area is 129 Å². The number of ether oxygens (including phenoxy) is 1. The van der Waals surface area contributed by atoms with E-state index >= 15 is 0 Å². The number of hydrogen-bond donors (Lipinski definition) is 2. The van der Waals surface area contributed by atoms with Gasteiger partial charge in [0.05, 0.1) is 13.3 Å². The van der Waals surface area contributed by atoms with Gasteiger partial charge in [-0.2, -0.15) is 5.10 Å². The number of hydrogen-bond acceptors (Lipinski definition) is 4. The maximum Gasteiger partial charge on any atom is 0.124 e. The summed E-state index contributed by atoms with van der Waals surface area (Å²) in [6, 6.07) is 6.61. The van der Waals surface area contributed by atoms with Gasteiger partial charge in [0.2, 0.25) is 0 Å². The summed E-state index contributed by atoms with van der Waals surface area (Å²) in [6.45, 7) is 4.64. The Morgan fingerprint density at radius 1 is 1.50 bits per heavy atom. The van der Waals surface area contributed by atoms with Gasteiger partial charge in [0.15, 0.2) is 0 Å². The number of anilines is 1. The SMILES string of the molecule is COc1ccc(F)cc1C(C)NCC1CNc2ccnn2C1. The smallest absolute Gasteiger partial charge is 0.124 e. The van der Waals surface area contributed by atoms with Crippen molar-refractivity contribution in [2.75, 3.05) is 25.5 Å². The van der Waals surface area contributed by atoms with Crippen LogP contribution in [0.25, 0.3) is 0 Å². The topological polar surface area (TPSA) is 51.1 Å². The van der Waals surface area contributed by atoms with Gasteiger partial charge in [0.1, 0.15) is 17.4 Å². The number of nitrogens with zero attached hydrogens (tertiary/aromatic N) is 2. The lowest BCUT2D eigenvalue weighted by atomic mass is 10.0. The molecule has 1 aromatic heterocycles. The van der Waals surface area contributed by atoms with E-state index in [2.05, 4.69) is 15.7 Å². The number of fused-ring (bicyclic) bond motifs is 1. The summed E-state index contributed by atoms with van der Waals surface area (Å²) in [5.74, 6) is 1.97. The average Bonchev–Trinajstić information content (AvgIpc) is 3.00. The molecule has 2 N–H and O–H groups in total. The van der Waals surface area contributed by atoms with Crippen LogP contribution in [0.5, 0.6) is 5.75 Å². The number of methoxy groups -OCH3 is 1. The molecule has 3 rings (SSSR count). The minimum absolute atomic E-state index is 0.0182. The molecule has 1 aromatic carbocycles. The fourth-order valence-corrected chi connectivity index (χ4v) is 2.82. The van der Waals surface area contributed by atoms with E-state index in [1.807, 2.05) is 17.7 Å². The van der Waals surface area contributed by atoms with E-state index in [0.29, 0.717) is 11.7 Å². The lowest BCUT2D eigenvalue weighted by molar-refractivity contribution is 0.366. The molecule has 0 fully saturated rings. The minimum atomic E-state index is -0.245. The van der Waals surface area contributed by atoms with Crippen molar-refractivity contribution in [3.8, 4) is 5.75 Å². The normalized spacial score (nSPS) is 18.4. The highest BCUT2D eigenvalue weighted by molar-refractivity contribution is 5.37. The Morgan fingerprint density at radius 3 is 3.18 bits per heavy atom. The van der Waals surface area contributed by atoms with Crippen molar-refractivity contribution in [3.63, 3.8) is 0 Å². The van der Waals surface area contributed by atoms with Crippen molar-refractivity contribution >= 4 is 5.82 Å². The zero-order chi connectivity index (χ0) is 15.5. The Morgan fingerprint density at radius 2 is 2.36 bits per heavy atom. The summed E-state index contributed by atoms with van der Waals surface area (Å²) >= 11 is 0. The van der Waals surface area contributed by atoms with Crippen LogP contribution in [0.4, 0.5) is 10.2 Å². The summed E-state index contributed by atoms with van der Waals surface area (Å²) in [7, 11) is 1.60. The monoisotopic (exact) mass is 304 g/mol. The molecule has 1 aliphatic rings. The summed E-state index contributed by atoms with van der Waals surface area (Å²) < 4.78 is 20.8. The average molecular weight is 304 g/mol. The third-order valence-corrected chi connectivity index (χ3v) is 4.09. The molecule has 0 amide bonds. The van der Waals surface area contributed by atoms with Crippen LogP contribution in [0.1, 0.15) is 18.5 Å². The summed E-state index contributed by atoms with van der Waals surface area (Å²) in [5.41, 5.74) is 0.839. The van der Waals surface area contributed by atoms with E-state index in [9.17, 15) is 4.39 Å². The van der Waals surface area contributed by atoms with Gasteiger partial charge in [-0.05, 0) is 25.1 Å². The molecule has 6 heteroatoms. The van der Waals surface area contributed by atoms with Crippen LogP contribution in [0, 0.1) is 11.7 Å². The molecule has 2 unspecified atom stereocenters. The fourth-order valence-electron chi connectivity index (χ4n) is 2.82. The maximum absolute atomic E-state index is 13.5. The molecule has 118 valence electrons. The molecule has 0 radical (unpaired) electrons. The quantitative estimate of drug-likeness (QED) is 0.891. The van der Waals surface area contributed by atoms with Gasteiger partial charge in [-0.1, -0.05) is 0 Å². The first-order valence-corrected chi connectivity index (χ1v) is 7.50. The summed E-state index contributed by atoms with van der Waals surface area (Å²) in [5, 5.41) is 11.1. The number of benzene rings is 1. The number of aromatic nitrogens is 2. The van der Waals surface area contributed by atoms with E-state index in [4.69, 9.17) is 4.74 Å². The van der Waals surface area contributed by atoms with E-state index in [1.54, 1.807) is 19.4 Å². The first-order chi connectivity index (χ1) is 10.7. The Bertz CT molecular complexity index is 643. The minimum Gasteiger partial charge on any atom is -0.496 e. The van der Waals surface area contributed by atoms with Crippen LogP contribution in [0.2, 0.25) is 0 Å². The zero-order valence-corrected chi connectivity index (χ0v) is 12.8. The molecule has 2 atom stereocenters. The second-order valence-corrected chi connectivity index (χ2v) is 5.66. The van der Waals surface area contributed by atoms with Crippen molar-refractivity contribution in [1.82, 2.24) is 15.1 Å². The van der Waals surface area contributed by atoms with Gasteiger partial charge in [-0.15, -0.1) is 0 Å². The van der Waals surface area contributed by atoms with Crippen molar-refractivity contribution < 1.29 is 9.13 Å². The third kappa shape index (κ3) is 3.06. The Hall–Kier alpha value is -2.08. The van der Waals surface area contributed by atoms with Crippen LogP contribution in [0.15, 0.2) is 30.5 Å². The van der Waals surface area contributed by atoms with Gasteiger partial charge >= 0.3 is 0 Å². The Balaban J connectivity index is 1.61. The molecule has 0 aliphatic carbocycles. The van der Waals surface area contributed by atoms with Crippen molar-refractivity contribution in [3.05, 3.63) is 41.8 Å². The molecule has 2 aromatic rings. The number of rotatable bonds is 5. The lowest BCUT2D eigenvalue weighted by Crippen LogP contribution is -2.36. The Kier molecular flexibility index (Phi) is 4.29. The molecule has 1 aliphatic heterocycles. The van der Waals surface area contributed by atoms with Crippen LogP contribution >= 0.6 is 0 Å². The largest absolute Gasteiger partial charge is 0.496 e. The zero-order valence-electron chi connectivity index (χ0n) is 12.8. The first-order valence-electron chi connectivity index (χ1n) is 7.50. The molecule has 0 saturated carbocycles. The van der Waals surface area contributed by atoms with Gasteiger partial charge in [-0.3, -0.25) is 0 Å². The predicted octanol–water partition coefficient (Wildman–Crippen LogP) is 2.42. The van der Waals surface area contributed by atoms with Gasteiger partial charge in [-0.25, -0.2) is 9.07 Å². The van der Waals surface area contributed by atoms with Crippen LogP contribution in [0.3, 0.4) is 0 Å². The molecule has 0 spiro atoms. The van der Waals surface area contributed by atoms with Crippen LogP contribution in [-0.4, -0.2) is 30.0 Å². The second kappa shape index (κ2) is 6.36. The van der Waals surface area contributed by atoms with Crippen LogP contribution < -0.4 is 15.4 Å². The summed E-state index contributed by atoms with van der Waals surface area (Å²) in [4.78, 5) is 0. The number of nitrogens with one attached hydrogen (secondary N) is 2. The lowest BCUT2D eigenvalue weighted by Gasteiger charge is -2.27. The van der Waals surface area contributed by atoms with Crippen LogP contribution in [-0.2, 0) is 6.54 Å². The maximum atomic E-state index is 13.5. The van der Waals surface area contributed by atoms with E-state index in [1.165, 1.54) is 12.1 Å².